The Morgan fingerprint density at radius 1 is 1.20 bits per heavy atom. The number of amides is 1. The third-order valence-electron chi connectivity index (χ3n) is 5.16. The second kappa shape index (κ2) is 8.28. The second-order valence-electron chi connectivity index (χ2n) is 7.08. The maximum Gasteiger partial charge on any atom is 0.229 e. The number of fused-ring (bicyclic) bond motifs is 1. The molecule has 1 aliphatic heterocycles. The van der Waals surface area contributed by atoms with Crippen LogP contribution in [-0.4, -0.2) is 39.3 Å². The Bertz CT molecular complexity index is 1080. The number of rotatable bonds is 6. The van der Waals surface area contributed by atoms with Gasteiger partial charge in [-0.3, -0.25) is 4.79 Å². The Morgan fingerprint density at radius 3 is 2.70 bits per heavy atom. The van der Waals surface area contributed by atoms with Gasteiger partial charge in [-0.15, -0.1) is 0 Å². The SMILES string of the molecule is CCc1cc(-c2onc3c2CN(CCOc2ccc(Cl)cc2)C(=O)C3)c(O)cc1O. The molecule has 1 aromatic heterocycles. The molecule has 0 radical (unpaired) electrons. The lowest BCUT2D eigenvalue weighted by atomic mass is 9.98. The summed E-state index contributed by atoms with van der Waals surface area (Å²) in [6.07, 6.45) is 0.724. The number of carbonyl (C=O) groups excluding carboxylic acids is 1. The van der Waals surface area contributed by atoms with Crippen molar-refractivity contribution in [1.29, 1.82) is 0 Å². The van der Waals surface area contributed by atoms with Crippen LogP contribution in [0, 0.1) is 0 Å². The van der Waals surface area contributed by atoms with Gasteiger partial charge >= 0.3 is 0 Å². The zero-order chi connectivity index (χ0) is 21.3. The van der Waals surface area contributed by atoms with E-state index in [4.69, 9.17) is 20.9 Å². The van der Waals surface area contributed by atoms with E-state index in [2.05, 4.69) is 5.16 Å². The van der Waals surface area contributed by atoms with Gasteiger partial charge in [0.25, 0.3) is 0 Å². The highest BCUT2D eigenvalue weighted by Gasteiger charge is 2.30. The second-order valence-corrected chi connectivity index (χ2v) is 7.52. The quantitative estimate of drug-likeness (QED) is 0.617. The average Bonchev–Trinajstić information content (AvgIpc) is 3.12. The number of hydrogen-bond donors (Lipinski definition) is 2. The molecule has 1 amide bonds. The Balaban J connectivity index is 1.52. The van der Waals surface area contributed by atoms with E-state index in [1.807, 2.05) is 6.92 Å². The molecule has 0 bridgehead atoms. The molecule has 4 rings (SSSR count). The normalized spacial score (nSPS) is 13.4. The predicted octanol–water partition coefficient (Wildman–Crippen LogP) is 3.93. The van der Waals surface area contributed by atoms with Crippen molar-refractivity contribution in [3.05, 3.63) is 58.2 Å². The number of aryl methyl sites for hydroxylation is 1. The van der Waals surface area contributed by atoms with Crippen molar-refractivity contribution in [2.45, 2.75) is 26.3 Å². The van der Waals surface area contributed by atoms with Crippen molar-refractivity contribution in [3.63, 3.8) is 0 Å². The number of hydrogen-bond acceptors (Lipinski definition) is 6. The Labute approximate surface area is 178 Å². The molecule has 0 aliphatic carbocycles. The zero-order valence-electron chi connectivity index (χ0n) is 16.4. The van der Waals surface area contributed by atoms with Crippen LogP contribution in [-0.2, 0) is 24.2 Å². The fourth-order valence-corrected chi connectivity index (χ4v) is 3.61. The molecule has 0 unspecified atom stereocenters. The van der Waals surface area contributed by atoms with Crippen LogP contribution in [0.5, 0.6) is 17.2 Å². The summed E-state index contributed by atoms with van der Waals surface area (Å²) in [4.78, 5) is 14.2. The fraction of sp³-hybridized carbons (Fsp3) is 0.273. The highest BCUT2D eigenvalue weighted by atomic mass is 35.5. The maximum atomic E-state index is 12.5. The van der Waals surface area contributed by atoms with Crippen molar-refractivity contribution >= 4 is 17.5 Å². The molecule has 0 saturated heterocycles. The van der Waals surface area contributed by atoms with E-state index in [1.54, 1.807) is 35.2 Å². The molecule has 3 aromatic rings. The lowest BCUT2D eigenvalue weighted by molar-refractivity contribution is -0.132. The van der Waals surface area contributed by atoms with Gasteiger partial charge in [0.15, 0.2) is 5.76 Å². The van der Waals surface area contributed by atoms with Gasteiger partial charge in [-0.25, -0.2) is 0 Å². The Morgan fingerprint density at radius 2 is 1.97 bits per heavy atom. The number of nitrogens with zero attached hydrogens (tertiary/aromatic N) is 2. The van der Waals surface area contributed by atoms with E-state index < -0.39 is 0 Å². The van der Waals surface area contributed by atoms with Gasteiger partial charge in [0, 0.05) is 16.7 Å². The maximum absolute atomic E-state index is 12.5. The number of phenols is 2. The molecular weight excluding hydrogens is 408 g/mol. The van der Waals surface area contributed by atoms with Gasteiger partial charge in [0.1, 0.15) is 23.9 Å². The summed E-state index contributed by atoms with van der Waals surface area (Å²) in [5, 5.41) is 24.9. The van der Waals surface area contributed by atoms with Crippen molar-refractivity contribution in [2.75, 3.05) is 13.2 Å². The fourth-order valence-electron chi connectivity index (χ4n) is 3.49. The molecule has 2 N–H and O–H groups in total. The number of aromatic hydroxyl groups is 2. The van der Waals surface area contributed by atoms with Crippen LogP contribution in [0.1, 0.15) is 23.7 Å². The topological polar surface area (TPSA) is 96.0 Å². The summed E-state index contributed by atoms with van der Waals surface area (Å²) in [5.74, 6) is 0.956. The summed E-state index contributed by atoms with van der Waals surface area (Å²) in [5.41, 5.74) is 2.46. The molecule has 1 aliphatic rings. The van der Waals surface area contributed by atoms with Gasteiger partial charge in [-0.2, -0.15) is 0 Å². The molecular formula is C22H21ClN2O5. The lowest BCUT2D eigenvalue weighted by Crippen LogP contribution is -2.38. The number of carbonyl (C=O) groups is 1. The molecule has 30 heavy (non-hydrogen) atoms. The number of halogens is 1. The van der Waals surface area contributed by atoms with E-state index in [1.165, 1.54) is 6.07 Å². The van der Waals surface area contributed by atoms with Gasteiger partial charge in [-0.1, -0.05) is 23.7 Å². The van der Waals surface area contributed by atoms with E-state index in [9.17, 15) is 15.0 Å². The Hall–Kier alpha value is -3.19. The monoisotopic (exact) mass is 428 g/mol. The third kappa shape index (κ3) is 3.93. The summed E-state index contributed by atoms with van der Waals surface area (Å²) in [7, 11) is 0. The van der Waals surface area contributed by atoms with E-state index in [0.717, 1.165) is 5.56 Å². The Kier molecular flexibility index (Phi) is 5.55. The van der Waals surface area contributed by atoms with Gasteiger partial charge < -0.3 is 24.4 Å². The predicted molar refractivity (Wildman–Crippen MR) is 111 cm³/mol. The first-order valence-electron chi connectivity index (χ1n) is 9.65. The van der Waals surface area contributed by atoms with Crippen LogP contribution in [0.3, 0.4) is 0 Å². The molecule has 156 valence electrons. The minimum absolute atomic E-state index is 0.0308. The minimum Gasteiger partial charge on any atom is -0.508 e. The number of ether oxygens (including phenoxy) is 1. The van der Waals surface area contributed by atoms with Gasteiger partial charge in [-0.05, 0) is 42.3 Å². The van der Waals surface area contributed by atoms with Gasteiger partial charge in [0.05, 0.1) is 30.8 Å². The molecule has 0 atom stereocenters. The minimum atomic E-state index is -0.0989. The lowest BCUT2D eigenvalue weighted by Gasteiger charge is -2.26. The van der Waals surface area contributed by atoms with Crippen LogP contribution in [0.25, 0.3) is 11.3 Å². The first-order chi connectivity index (χ1) is 14.5. The van der Waals surface area contributed by atoms with Crippen LogP contribution >= 0.6 is 11.6 Å². The van der Waals surface area contributed by atoms with Gasteiger partial charge in [0.2, 0.25) is 5.91 Å². The largest absolute Gasteiger partial charge is 0.508 e. The number of benzene rings is 2. The van der Waals surface area contributed by atoms with Crippen molar-refractivity contribution < 1.29 is 24.3 Å². The molecule has 0 fully saturated rings. The molecule has 2 aromatic carbocycles. The first kappa shape index (κ1) is 20.1. The van der Waals surface area contributed by atoms with Crippen molar-refractivity contribution in [1.82, 2.24) is 10.1 Å². The van der Waals surface area contributed by atoms with E-state index in [-0.39, 0.29) is 23.8 Å². The highest BCUT2D eigenvalue weighted by Crippen LogP contribution is 2.39. The van der Waals surface area contributed by atoms with Crippen molar-refractivity contribution in [3.8, 4) is 28.6 Å². The van der Waals surface area contributed by atoms with Crippen LogP contribution in [0.15, 0.2) is 40.9 Å². The highest BCUT2D eigenvalue weighted by molar-refractivity contribution is 6.30. The summed E-state index contributed by atoms with van der Waals surface area (Å²) < 4.78 is 11.2. The molecule has 0 spiro atoms. The van der Waals surface area contributed by atoms with E-state index >= 15 is 0 Å². The molecule has 7 nitrogen and oxygen atoms in total. The standard InChI is InChI=1S/C22H21ClN2O5/c1-2-13-9-16(20(27)11-19(13)26)22-17-12-25(21(28)10-18(17)24-30-22)7-8-29-15-5-3-14(23)4-6-15/h3-6,9,11,26-27H,2,7-8,10,12H2,1H3. The zero-order valence-corrected chi connectivity index (χ0v) is 17.1. The van der Waals surface area contributed by atoms with Crippen LogP contribution < -0.4 is 4.74 Å². The van der Waals surface area contributed by atoms with Crippen LogP contribution in [0.4, 0.5) is 0 Å². The van der Waals surface area contributed by atoms with Crippen molar-refractivity contribution in [2.24, 2.45) is 0 Å². The number of aromatic nitrogens is 1. The summed E-state index contributed by atoms with van der Waals surface area (Å²) >= 11 is 5.87. The molecule has 8 heteroatoms. The molecule has 2 heterocycles. The van der Waals surface area contributed by atoms with Crippen LogP contribution in [0.2, 0.25) is 5.02 Å². The number of phenolic OH excluding ortho intramolecular Hbond substituents is 2. The summed E-state index contributed by atoms with van der Waals surface area (Å²) in [6.45, 7) is 2.94. The molecule has 0 saturated carbocycles. The third-order valence-corrected chi connectivity index (χ3v) is 5.41. The smallest absolute Gasteiger partial charge is 0.229 e. The first-order valence-corrected chi connectivity index (χ1v) is 10.0. The average molecular weight is 429 g/mol. The summed E-state index contributed by atoms with van der Waals surface area (Å²) in [6, 6.07) is 10.0. The van der Waals surface area contributed by atoms with E-state index in [0.29, 0.717) is 59.5 Å².